The first kappa shape index (κ1) is 50.3. The summed E-state index contributed by atoms with van der Waals surface area (Å²) in [6.07, 6.45) is 33.5. The maximum absolute atomic E-state index is 12.7. The summed E-state index contributed by atoms with van der Waals surface area (Å²) in [4.78, 5) is 38.8. The Bertz CT molecular complexity index is 777. The molecule has 0 saturated heterocycles. The van der Waals surface area contributed by atoms with Crippen molar-refractivity contribution in [3.8, 4) is 0 Å². The molecule has 0 atom stereocenters. The molecule has 0 radical (unpaired) electrons. The van der Waals surface area contributed by atoms with E-state index >= 15 is 0 Å². The van der Waals surface area contributed by atoms with E-state index in [4.69, 9.17) is 14.2 Å². The van der Waals surface area contributed by atoms with Crippen LogP contribution in [-0.4, -0.2) is 73.5 Å². The van der Waals surface area contributed by atoms with Gasteiger partial charge in [-0.1, -0.05) is 143 Å². The van der Waals surface area contributed by atoms with Crippen molar-refractivity contribution in [1.82, 2.24) is 4.90 Å². The fraction of sp³-hybridized carbons (Fsp3) is 0.932. The van der Waals surface area contributed by atoms with Gasteiger partial charge in [0.1, 0.15) is 12.5 Å². The number of aliphatic hydroxyl groups is 1. The number of rotatable bonds is 41. The molecule has 0 spiro atoms. The molecule has 0 aliphatic heterocycles. The molecule has 0 saturated carbocycles. The lowest BCUT2D eigenvalue weighted by Gasteiger charge is -2.21. The molecular formula is C44H85NO7. The van der Waals surface area contributed by atoms with Gasteiger partial charge < -0.3 is 24.2 Å². The van der Waals surface area contributed by atoms with Crippen LogP contribution in [0.4, 0.5) is 0 Å². The van der Waals surface area contributed by atoms with Gasteiger partial charge in [-0.2, -0.15) is 0 Å². The number of carbonyl (C=O) groups excluding carboxylic acids is 3. The molecule has 0 bridgehead atoms. The van der Waals surface area contributed by atoms with E-state index in [1.54, 1.807) is 0 Å². The molecule has 0 unspecified atom stereocenters. The van der Waals surface area contributed by atoms with Crippen LogP contribution in [0.3, 0.4) is 0 Å². The highest BCUT2D eigenvalue weighted by molar-refractivity contribution is 5.91. The Hall–Kier alpha value is -1.67. The number of carbonyl (C=O) groups is 3. The van der Waals surface area contributed by atoms with Gasteiger partial charge in [-0.05, 0) is 77.3 Å². The Kier molecular flexibility index (Phi) is 39.2. The monoisotopic (exact) mass is 740 g/mol. The van der Waals surface area contributed by atoms with E-state index in [1.165, 1.54) is 103 Å². The van der Waals surface area contributed by atoms with Gasteiger partial charge in [0.2, 0.25) is 0 Å². The lowest BCUT2D eigenvalue weighted by molar-refractivity contribution is -0.155. The van der Waals surface area contributed by atoms with Gasteiger partial charge in [0.05, 0.1) is 19.8 Å². The van der Waals surface area contributed by atoms with Crippen molar-refractivity contribution in [2.75, 3.05) is 39.5 Å². The van der Waals surface area contributed by atoms with Crippen LogP contribution < -0.4 is 0 Å². The Morgan fingerprint density at radius 3 is 1.31 bits per heavy atom. The van der Waals surface area contributed by atoms with Gasteiger partial charge in [0.25, 0.3) is 0 Å². The summed E-state index contributed by atoms with van der Waals surface area (Å²) in [6, 6.07) is 0. The van der Waals surface area contributed by atoms with Crippen molar-refractivity contribution in [2.45, 2.75) is 226 Å². The lowest BCUT2D eigenvalue weighted by Crippen LogP contribution is -2.29. The van der Waals surface area contributed by atoms with Crippen LogP contribution >= 0.6 is 0 Å². The number of hydrogen-bond acceptors (Lipinski definition) is 8. The smallest absolute Gasteiger partial charge is 0.317 e. The highest BCUT2D eigenvalue weighted by Crippen LogP contribution is 2.18. The molecule has 308 valence electrons. The Morgan fingerprint density at radius 1 is 0.462 bits per heavy atom. The second-order valence-corrected chi connectivity index (χ2v) is 15.1. The van der Waals surface area contributed by atoms with Crippen molar-refractivity contribution in [1.29, 1.82) is 0 Å². The van der Waals surface area contributed by atoms with E-state index in [0.29, 0.717) is 26.2 Å². The van der Waals surface area contributed by atoms with Gasteiger partial charge in [-0.15, -0.1) is 0 Å². The second kappa shape index (κ2) is 40.5. The van der Waals surface area contributed by atoms with E-state index in [1.807, 2.05) is 0 Å². The van der Waals surface area contributed by atoms with Gasteiger partial charge in [0.15, 0.2) is 0 Å². The Balaban J connectivity index is 4.00. The molecule has 0 fully saturated rings. The first-order valence-electron chi connectivity index (χ1n) is 22.3. The molecular weight excluding hydrogens is 654 g/mol. The molecule has 52 heavy (non-hydrogen) atoms. The van der Waals surface area contributed by atoms with E-state index in [0.717, 1.165) is 96.6 Å². The number of nitrogens with zero attached hydrogens (tertiary/aromatic N) is 1. The zero-order chi connectivity index (χ0) is 38.2. The predicted octanol–water partition coefficient (Wildman–Crippen LogP) is 11.4. The van der Waals surface area contributed by atoms with Crippen LogP contribution in [0.1, 0.15) is 220 Å². The van der Waals surface area contributed by atoms with Crippen LogP contribution in [0.25, 0.3) is 0 Å². The Labute approximate surface area is 321 Å². The van der Waals surface area contributed by atoms with E-state index in [9.17, 15) is 19.5 Å². The van der Waals surface area contributed by atoms with E-state index < -0.39 is 11.9 Å². The highest BCUT2D eigenvalue weighted by atomic mass is 16.6. The largest absolute Gasteiger partial charge is 0.465 e. The topological polar surface area (TPSA) is 102 Å². The quantitative estimate of drug-likeness (QED) is 0.0286. The first-order chi connectivity index (χ1) is 25.5. The SMILES string of the molecule is CCCCCCCCCOC(=O)CC(=O)OCCCCCN(CCO)CCCCCCCC(=O)OC(CCCCCCCC)CCCCCCCC. The number of esters is 3. The minimum absolute atomic E-state index is 0.0116. The molecule has 0 aromatic carbocycles. The maximum atomic E-state index is 12.7. The van der Waals surface area contributed by atoms with Crippen molar-refractivity contribution in [3.63, 3.8) is 0 Å². The Morgan fingerprint density at radius 2 is 0.846 bits per heavy atom. The van der Waals surface area contributed by atoms with Crippen molar-refractivity contribution in [3.05, 3.63) is 0 Å². The van der Waals surface area contributed by atoms with Gasteiger partial charge >= 0.3 is 17.9 Å². The van der Waals surface area contributed by atoms with Crippen LogP contribution in [-0.2, 0) is 28.6 Å². The third kappa shape index (κ3) is 36.7. The molecule has 0 aromatic rings. The zero-order valence-corrected chi connectivity index (χ0v) is 34.6. The molecule has 0 aromatic heterocycles. The summed E-state index contributed by atoms with van der Waals surface area (Å²) in [5.41, 5.74) is 0. The van der Waals surface area contributed by atoms with Crippen molar-refractivity contribution < 1.29 is 33.7 Å². The zero-order valence-electron chi connectivity index (χ0n) is 34.6. The molecule has 0 aliphatic rings. The molecule has 0 rings (SSSR count). The average Bonchev–Trinajstić information content (AvgIpc) is 3.13. The first-order valence-corrected chi connectivity index (χ1v) is 22.3. The average molecular weight is 740 g/mol. The number of unbranched alkanes of at least 4 members (excludes halogenated alkanes) is 22. The highest BCUT2D eigenvalue weighted by Gasteiger charge is 2.15. The molecule has 8 nitrogen and oxygen atoms in total. The fourth-order valence-electron chi connectivity index (χ4n) is 6.69. The summed E-state index contributed by atoms with van der Waals surface area (Å²) in [5, 5.41) is 9.52. The fourth-order valence-corrected chi connectivity index (χ4v) is 6.69. The van der Waals surface area contributed by atoms with Gasteiger partial charge in [-0.25, -0.2) is 0 Å². The van der Waals surface area contributed by atoms with E-state index in [-0.39, 0.29) is 25.1 Å². The molecule has 0 heterocycles. The van der Waals surface area contributed by atoms with Crippen molar-refractivity contribution >= 4 is 17.9 Å². The van der Waals surface area contributed by atoms with Crippen LogP contribution in [0, 0.1) is 0 Å². The number of ether oxygens (including phenoxy) is 3. The maximum Gasteiger partial charge on any atom is 0.317 e. The van der Waals surface area contributed by atoms with Crippen LogP contribution in [0.2, 0.25) is 0 Å². The minimum Gasteiger partial charge on any atom is -0.465 e. The summed E-state index contributed by atoms with van der Waals surface area (Å²) in [7, 11) is 0. The van der Waals surface area contributed by atoms with Gasteiger partial charge in [0, 0.05) is 13.0 Å². The van der Waals surface area contributed by atoms with E-state index in [2.05, 4.69) is 25.7 Å². The minimum atomic E-state index is -0.514. The lowest BCUT2D eigenvalue weighted by atomic mass is 10.0. The van der Waals surface area contributed by atoms with Gasteiger partial charge in [-0.3, -0.25) is 14.4 Å². The molecule has 1 N–H and O–H groups in total. The normalized spacial score (nSPS) is 11.4. The standard InChI is InChI=1S/C44H85NO7/c1-4-7-10-13-16-22-29-38-50-43(48)40-44(49)51-39-30-23-28-35-45(36-37-46)34-27-21-17-20-26-33-42(47)52-41(31-24-18-14-11-8-5-2)32-25-19-15-12-9-6-3/h41,46H,4-40H2,1-3H3. The third-order valence-corrected chi connectivity index (χ3v) is 10.0. The second-order valence-electron chi connectivity index (χ2n) is 15.1. The molecule has 0 amide bonds. The summed E-state index contributed by atoms with van der Waals surface area (Å²) in [6.45, 7) is 10.1. The summed E-state index contributed by atoms with van der Waals surface area (Å²) < 4.78 is 16.4. The molecule has 0 aliphatic carbocycles. The molecule has 8 heteroatoms. The number of hydrogen-bond donors (Lipinski definition) is 1. The van der Waals surface area contributed by atoms with Crippen LogP contribution in [0.5, 0.6) is 0 Å². The summed E-state index contributed by atoms with van der Waals surface area (Å²) >= 11 is 0. The third-order valence-electron chi connectivity index (χ3n) is 10.0. The van der Waals surface area contributed by atoms with Crippen molar-refractivity contribution in [2.24, 2.45) is 0 Å². The van der Waals surface area contributed by atoms with Crippen LogP contribution in [0.15, 0.2) is 0 Å². The summed E-state index contributed by atoms with van der Waals surface area (Å²) in [5.74, 6) is -1.03. The number of aliphatic hydroxyl groups excluding tert-OH is 1. The predicted molar refractivity (Wildman–Crippen MR) is 215 cm³/mol.